The fraction of sp³-hybridized carbons (Fsp3) is 0.304. The molecule has 0 amide bonds. The van der Waals surface area contributed by atoms with Gasteiger partial charge in [0.25, 0.3) is 0 Å². The number of ether oxygens (including phenoxy) is 1. The average molecular weight is 362 g/mol. The van der Waals surface area contributed by atoms with Crippen molar-refractivity contribution >= 4 is 27.2 Å². The van der Waals surface area contributed by atoms with Gasteiger partial charge in [-0.1, -0.05) is 24.3 Å². The Morgan fingerprint density at radius 1 is 1.12 bits per heavy atom. The van der Waals surface area contributed by atoms with Gasteiger partial charge < -0.3 is 9.84 Å². The molecule has 0 radical (unpaired) electrons. The molecule has 26 heavy (non-hydrogen) atoms. The third-order valence-electron chi connectivity index (χ3n) is 5.60. The van der Waals surface area contributed by atoms with Gasteiger partial charge in [-0.2, -0.15) is 0 Å². The monoisotopic (exact) mass is 362 g/mol. The predicted molar refractivity (Wildman–Crippen MR) is 109 cm³/mol. The highest BCUT2D eigenvalue weighted by Gasteiger charge is 2.23. The molecule has 1 fully saturated rings. The van der Waals surface area contributed by atoms with E-state index in [-0.39, 0.29) is 0 Å². The minimum atomic E-state index is 0.290. The molecule has 0 spiro atoms. The fourth-order valence-corrected chi connectivity index (χ4v) is 5.15. The van der Waals surface area contributed by atoms with Crippen LogP contribution in [0, 0.1) is 0 Å². The van der Waals surface area contributed by atoms with Crippen LogP contribution in [0.1, 0.15) is 43.0 Å². The summed E-state index contributed by atoms with van der Waals surface area (Å²) in [5, 5.41) is 12.1. The molecule has 3 heteroatoms. The predicted octanol–water partition coefficient (Wildman–Crippen LogP) is 6.73. The van der Waals surface area contributed by atoms with E-state index in [4.69, 9.17) is 4.74 Å². The summed E-state index contributed by atoms with van der Waals surface area (Å²) in [5.74, 6) is 1.52. The standard InChI is InChI=1S/C23H22O2S/c1-14-9-10-16-13-17(11-12-19(16)25-14)21-18-7-2-3-8-20(18)26-23(21)22(24)15-5-4-6-15/h2-3,7-8,11-14,24H,4-6,9-10H2,1H3. The summed E-state index contributed by atoms with van der Waals surface area (Å²) in [5.41, 5.74) is 4.83. The maximum Gasteiger partial charge on any atom is 0.132 e. The number of allylic oxidation sites excluding steroid dienone is 1. The lowest BCUT2D eigenvalue weighted by Crippen LogP contribution is -2.18. The lowest BCUT2D eigenvalue weighted by Gasteiger charge is -2.24. The zero-order valence-corrected chi connectivity index (χ0v) is 15.7. The second-order valence-corrected chi connectivity index (χ2v) is 8.45. The van der Waals surface area contributed by atoms with E-state index in [0.29, 0.717) is 11.9 Å². The number of aryl methyl sites for hydroxylation is 1. The van der Waals surface area contributed by atoms with Gasteiger partial charge in [-0.05, 0) is 73.9 Å². The normalized spacial score (nSPS) is 19.0. The van der Waals surface area contributed by atoms with Crippen molar-refractivity contribution in [3.05, 3.63) is 58.5 Å². The first-order valence-corrected chi connectivity index (χ1v) is 10.2. The van der Waals surface area contributed by atoms with Gasteiger partial charge in [-0.15, -0.1) is 11.3 Å². The topological polar surface area (TPSA) is 29.5 Å². The molecule has 2 aromatic carbocycles. The van der Waals surface area contributed by atoms with Crippen LogP contribution in [-0.2, 0) is 6.42 Å². The highest BCUT2D eigenvalue weighted by Crippen LogP contribution is 2.45. The summed E-state index contributed by atoms with van der Waals surface area (Å²) in [6.07, 6.45) is 5.63. The molecule has 2 aliphatic rings. The van der Waals surface area contributed by atoms with Crippen LogP contribution < -0.4 is 4.74 Å². The van der Waals surface area contributed by atoms with Crippen molar-refractivity contribution < 1.29 is 9.84 Å². The van der Waals surface area contributed by atoms with Gasteiger partial charge in [0, 0.05) is 15.6 Å². The zero-order valence-electron chi connectivity index (χ0n) is 14.9. The first-order chi connectivity index (χ1) is 12.7. The van der Waals surface area contributed by atoms with E-state index in [9.17, 15) is 5.11 Å². The molecular formula is C23H22O2S. The van der Waals surface area contributed by atoms with Crippen LogP contribution in [-0.4, -0.2) is 11.2 Å². The summed E-state index contributed by atoms with van der Waals surface area (Å²) in [6, 6.07) is 15.0. The van der Waals surface area contributed by atoms with E-state index in [1.807, 2.05) is 0 Å². The fourth-order valence-electron chi connectivity index (χ4n) is 3.93. The van der Waals surface area contributed by atoms with Crippen LogP contribution in [0.5, 0.6) is 5.75 Å². The van der Waals surface area contributed by atoms with E-state index in [2.05, 4.69) is 49.4 Å². The van der Waals surface area contributed by atoms with Gasteiger partial charge in [0.1, 0.15) is 11.5 Å². The van der Waals surface area contributed by atoms with Crippen LogP contribution in [0.4, 0.5) is 0 Å². The summed E-state index contributed by atoms with van der Waals surface area (Å²) in [4.78, 5) is 1.02. The molecule has 1 unspecified atom stereocenters. The van der Waals surface area contributed by atoms with Gasteiger partial charge >= 0.3 is 0 Å². The molecule has 3 aromatic rings. The Morgan fingerprint density at radius 3 is 2.77 bits per heavy atom. The third-order valence-corrected chi connectivity index (χ3v) is 6.78. The van der Waals surface area contributed by atoms with Crippen molar-refractivity contribution in [1.82, 2.24) is 0 Å². The van der Waals surface area contributed by atoms with Gasteiger partial charge in [0.2, 0.25) is 0 Å². The molecule has 132 valence electrons. The number of hydrogen-bond acceptors (Lipinski definition) is 3. The second kappa shape index (κ2) is 6.17. The Hall–Kier alpha value is -2.26. The Balaban J connectivity index is 1.71. The number of thiophene rings is 1. The van der Waals surface area contributed by atoms with Crippen molar-refractivity contribution in [2.45, 2.75) is 45.1 Å². The van der Waals surface area contributed by atoms with Crippen molar-refractivity contribution in [3.8, 4) is 16.9 Å². The molecule has 0 saturated heterocycles. The second-order valence-electron chi connectivity index (χ2n) is 7.40. The quantitative estimate of drug-likeness (QED) is 0.512. The highest BCUT2D eigenvalue weighted by molar-refractivity contribution is 7.20. The summed E-state index contributed by atoms with van der Waals surface area (Å²) in [6.45, 7) is 2.13. The number of rotatable bonds is 2. The van der Waals surface area contributed by atoms with E-state index in [0.717, 1.165) is 36.3 Å². The molecule has 2 nitrogen and oxygen atoms in total. The SMILES string of the molecule is CC1CCc2cc(-c3c(C(O)=C4CCC4)sc4ccccc34)ccc2O1. The van der Waals surface area contributed by atoms with Crippen LogP contribution in [0.25, 0.3) is 27.0 Å². The maximum atomic E-state index is 10.9. The highest BCUT2D eigenvalue weighted by atomic mass is 32.1. The third kappa shape index (κ3) is 2.53. The lowest BCUT2D eigenvalue weighted by atomic mass is 9.89. The maximum absolute atomic E-state index is 10.9. The van der Waals surface area contributed by atoms with Crippen molar-refractivity contribution in [2.75, 3.05) is 0 Å². The molecule has 1 aromatic heterocycles. The van der Waals surface area contributed by atoms with E-state index >= 15 is 0 Å². The van der Waals surface area contributed by atoms with Crippen LogP contribution in [0.3, 0.4) is 0 Å². The molecule has 1 aliphatic heterocycles. The molecule has 1 N–H and O–H groups in total. The van der Waals surface area contributed by atoms with Crippen molar-refractivity contribution in [1.29, 1.82) is 0 Å². The van der Waals surface area contributed by atoms with Crippen molar-refractivity contribution in [2.24, 2.45) is 0 Å². The number of hydrogen-bond donors (Lipinski definition) is 1. The molecule has 0 bridgehead atoms. The van der Waals surface area contributed by atoms with Gasteiger partial charge in [-0.3, -0.25) is 0 Å². The van der Waals surface area contributed by atoms with Crippen LogP contribution in [0.15, 0.2) is 48.0 Å². The van der Waals surface area contributed by atoms with Crippen molar-refractivity contribution in [3.63, 3.8) is 0 Å². The smallest absolute Gasteiger partial charge is 0.132 e. The number of fused-ring (bicyclic) bond motifs is 2. The van der Waals surface area contributed by atoms with Crippen LogP contribution >= 0.6 is 11.3 Å². The summed E-state index contributed by atoms with van der Waals surface area (Å²) in [7, 11) is 0. The zero-order chi connectivity index (χ0) is 17.7. The summed E-state index contributed by atoms with van der Waals surface area (Å²) < 4.78 is 7.21. The minimum Gasteiger partial charge on any atom is -0.506 e. The molecule has 1 saturated carbocycles. The molecule has 5 rings (SSSR count). The molecule has 2 heterocycles. The van der Waals surface area contributed by atoms with Gasteiger partial charge in [0.15, 0.2) is 0 Å². The minimum absolute atomic E-state index is 0.290. The van der Waals surface area contributed by atoms with E-state index < -0.39 is 0 Å². The van der Waals surface area contributed by atoms with Crippen LogP contribution in [0.2, 0.25) is 0 Å². The first kappa shape index (κ1) is 16.0. The Morgan fingerprint density at radius 2 is 1.96 bits per heavy atom. The Kier molecular flexibility index (Phi) is 3.79. The Labute approximate surface area is 157 Å². The number of benzene rings is 2. The molecule has 1 aliphatic carbocycles. The molecule has 1 atom stereocenters. The average Bonchev–Trinajstić information content (AvgIpc) is 2.99. The van der Waals surface area contributed by atoms with E-state index in [1.54, 1.807) is 11.3 Å². The molecular weight excluding hydrogens is 340 g/mol. The number of aliphatic hydroxyl groups excluding tert-OH is 1. The van der Waals surface area contributed by atoms with E-state index in [1.165, 1.54) is 38.8 Å². The number of aliphatic hydroxyl groups is 1. The Bertz CT molecular complexity index is 1020. The first-order valence-electron chi connectivity index (χ1n) is 9.43. The largest absolute Gasteiger partial charge is 0.506 e. The lowest BCUT2D eigenvalue weighted by molar-refractivity contribution is 0.192. The summed E-state index contributed by atoms with van der Waals surface area (Å²) >= 11 is 1.70. The van der Waals surface area contributed by atoms with Gasteiger partial charge in [0.05, 0.1) is 11.0 Å². The van der Waals surface area contributed by atoms with Gasteiger partial charge in [-0.25, -0.2) is 0 Å².